The molecule has 1 aliphatic carbocycles. The van der Waals surface area contributed by atoms with Crippen LogP contribution in [0.2, 0.25) is 0 Å². The fourth-order valence-electron chi connectivity index (χ4n) is 3.73. The van der Waals surface area contributed by atoms with E-state index in [0.29, 0.717) is 5.41 Å². The van der Waals surface area contributed by atoms with E-state index >= 15 is 0 Å². The molecule has 23 heavy (non-hydrogen) atoms. The molecule has 4 N–H and O–H groups in total. The van der Waals surface area contributed by atoms with Crippen molar-refractivity contribution >= 4 is 17.4 Å². The standard InChI is InChI=1S/C18H23N3O2/c19-17(20)14-3-1-13(2-4-14)15-5-6-18(11-15)7-9-21(10-8-18)12-16(22)23/h1-5H,6-12H2,(H3,19,20)(H,22,23). The van der Waals surface area contributed by atoms with Gasteiger partial charge in [-0.2, -0.15) is 0 Å². The number of carbonyl (C=O) groups is 1. The molecule has 1 aliphatic heterocycles. The molecule has 0 saturated carbocycles. The Hall–Kier alpha value is -2.14. The van der Waals surface area contributed by atoms with Crippen LogP contribution in [0.5, 0.6) is 0 Å². The molecular weight excluding hydrogens is 290 g/mol. The van der Waals surface area contributed by atoms with E-state index in [1.165, 1.54) is 11.1 Å². The molecule has 1 saturated heterocycles. The Balaban J connectivity index is 1.62. The summed E-state index contributed by atoms with van der Waals surface area (Å²) in [5, 5.41) is 16.4. The van der Waals surface area contributed by atoms with Crippen molar-refractivity contribution in [2.75, 3.05) is 19.6 Å². The molecule has 5 nitrogen and oxygen atoms in total. The first-order valence-electron chi connectivity index (χ1n) is 8.05. The SMILES string of the molecule is N=C(N)c1ccc(C2=CCC3(CCN(CC(=O)O)CC3)C2)cc1. The molecule has 1 spiro atoms. The number of benzene rings is 1. The Labute approximate surface area is 136 Å². The summed E-state index contributed by atoms with van der Waals surface area (Å²) in [6, 6.07) is 7.89. The van der Waals surface area contributed by atoms with Gasteiger partial charge in [0.1, 0.15) is 5.84 Å². The van der Waals surface area contributed by atoms with E-state index in [-0.39, 0.29) is 12.4 Å². The number of hydrogen-bond donors (Lipinski definition) is 3. The number of amidine groups is 1. The number of likely N-dealkylation sites (tertiary alicyclic amines) is 1. The highest BCUT2D eigenvalue weighted by atomic mass is 16.4. The van der Waals surface area contributed by atoms with Gasteiger partial charge in [0.25, 0.3) is 0 Å². The van der Waals surface area contributed by atoms with E-state index in [2.05, 4.69) is 6.08 Å². The third-order valence-corrected chi connectivity index (χ3v) is 5.19. The van der Waals surface area contributed by atoms with Gasteiger partial charge in [0.2, 0.25) is 0 Å². The molecule has 0 amide bonds. The van der Waals surface area contributed by atoms with Crippen LogP contribution >= 0.6 is 0 Å². The number of nitrogens with one attached hydrogen (secondary N) is 1. The fraction of sp³-hybridized carbons (Fsp3) is 0.444. The van der Waals surface area contributed by atoms with E-state index in [4.69, 9.17) is 16.2 Å². The fourth-order valence-corrected chi connectivity index (χ4v) is 3.73. The summed E-state index contributed by atoms with van der Waals surface area (Å²) in [6.07, 6.45) is 6.60. The first-order valence-corrected chi connectivity index (χ1v) is 8.05. The van der Waals surface area contributed by atoms with Crippen LogP contribution in [0.3, 0.4) is 0 Å². The zero-order valence-electron chi connectivity index (χ0n) is 13.2. The lowest BCUT2D eigenvalue weighted by molar-refractivity contribution is -0.138. The van der Waals surface area contributed by atoms with Gasteiger partial charge in [-0.05, 0) is 55.3 Å². The van der Waals surface area contributed by atoms with Gasteiger partial charge in [-0.15, -0.1) is 0 Å². The predicted molar refractivity (Wildman–Crippen MR) is 90.4 cm³/mol. The Morgan fingerprint density at radius 3 is 2.48 bits per heavy atom. The molecule has 0 atom stereocenters. The number of nitrogens with zero attached hydrogens (tertiary/aromatic N) is 1. The molecule has 3 rings (SSSR count). The number of aliphatic carboxylic acids is 1. The minimum atomic E-state index is -0.739. The molecular formula is C18H23N3O2. The molecule has 0 unspecified atom stereocenters. The van der Waals surface area contributed by atoms with E-state index < -0.39 is 5.97 Å². The number of nitrogens with two attached hydrogens (primary N) is 1. The number of hydrogen-bond acceptors (Lipinski definition) is 3. The van der Waals surface area contributed by atoms with Crippen LogP contribution in [0.15, 0.2) is 30.3 Å². The van der Waals surface area contributed by atoms with Crippen LogP contribution in [0.25, 0.3) is 5.57 Å². The van der Waals surface area contributed by atoms with Crippen molar-refractivity contribution in [1.29, 1.82) is 5.41 Å². The van der Waals surface area contributed by atoms with Crippen molar-refractivity contribution in [3.8, 4) is 0 Å². The summed E-state index contributed by atoms with van der Waals surface area (Å²) in [7, 11) is 0. The maximum Gasteiger partial charge on any atom is 0.317 e. The second kappa shape index (κ2) is 6.16. The van der Waals surface area contributed by atoms with Gasteiger partial charge in [0.15, 0.2) is 0 Å². The molecule has 1 aromatic carbocycles. The first-order chi connectivity index (χ1) is 11.0. The maximum absolute atomic E-state index is 10.8. The predicted octanol–water partition coefficient (Wildman–Crippen LogP) is 2.31. The summed E-state index contributed by atoms with van der Waals surface area (Å²) in [4.78, 5) is 12.9. The minimum absolute atomic E-state index is 0.0965. The molecule has 1 aromatic rings. The maximum atomic E-state index is 10.8. The lowest BCUT2D eigenvalue weighted by Gasteiger charge is -2.39. The molecule has 5 heteroatoms. The Morgan fingerprint density at radius 2 is 1.91 bits per heavy atom. The van der Waals surface area contributed by atoms with Crippen LogP contribution < -0.4 is 5.73 Å². The number of carboxylic acid groups (broad SMARTS) is 1. The Kier molecular flexibility index (Phi) is 4.22. The second-order valence-corrected chi connectivity index (χ2v) is 6.77. The van der Waals surface area contributed by atoms with Crippen LogP contribution in [-0.4, -0.2) is 41.4 Å². The highest BCUT2D eigenvalue weighted by molar-refractivity contribution is 5.95. The molecule has 122 valence electrons. The van der Waals surface area contributed by atoms with E-state index in [1.807, 2.05) is 29.2 Å². The van der Waals surface area contributed by atoms with Gasteiger partial charge in [-0.3, -0.25) is 15.1 Å². The van der Waals surface area contributed by atoms with Crippen molar-refractivity contribution < 1.29 is 9.90 Å². The zero-order valence-corrected chi connectivity index (χ0v) is 13.2. The average Bonchev–Trinajstić information content (AvgIpc) is 2.94. The summed E-state index contributed by atoms with van der Waals surface area (Å²) >= 11 is 0. The number of piperidine rings is 1. The minimum Gasteiger partial charge on any atom is -0.480 e. The molecule has 2 aliphatic rings. The largest absolute Gasteiger partial charge is 0.480 e. The monoisotopic (exact) mass is 313 g/mol. The zero-order chi connectivity index (χ0) is 16.4. The third-order valence-electron chi connectivity index (χ3n) is 5.19. The highest BCUT2D eigenvalue weighted by Crippen LogP contribution is 2.48. The van der Waals surface area contributed by atoms with Gasteiger partial charge >= 0.3 is 5.97 Å². The lowest BCUT2D eigenvalue weighted by Crippen LogP contribution is -2.41. The lowest BCUT2D eigenvalue weighted by atomic mass is 9.75. The molecule has 0 aromatic heterocycles. The van der Waals surface area contributed by atoms with Crippen molar-refractivity contribution in [1.82, 2.24) is 4.90 Å². The summed E-state index contributed by atoms with van der Waals surface area (Å²) in [6.45, 7) is 1.90. The van der Waals surface area contributed by atoms with Crippen molar-refractivity contribution in [3.05, 3.63) is 41.5 Å². The van der Waals surface area contributed by atoms with Crippen molar-refractivity contribution in [2.24, 2.45) is 11.1 Å². The van der Waals surface area contributed by atoms with Gasteiger partial charge < -0.3 is 10.8 Å². The van der Waals surface area contributed by atoms with E-state index in [9.17, 15) is 4.79 Å². The average molecular weight is 313 g/mol. The van der Waals surface area contributed by atoms with Crippen LogP contribution in [-0.2, 0) is 4.79 Å². The molecule has 0 bridgehead atoms. The van der Waals surface area contributed by atoms with Crippen molar-refractivity contribution in [2.45, 2.75) is 25.7 Å². The normalized spacial score (nSPS) is 20.4. The smallest absolute Gasteiger partial charge is 0.317 e. The highest BCUT2D eigenvalue weighted by Gasteiger charge is 2.38. The molecule has 1 fully saturated rings. The van der Waals surface area contributed by atoms with Crippen LogP contribution in [0, 0.1) is 10.8 Å². The number of rotatable bonds is 4. The van der Waals surface area contributed by atoms with Gasteiger partial charge in [-0.1, -0.05) is 30.3 Å². The Morgan fingerprint density at radius 1 is 1.26 bits per heavy atom. The third kappa shape index (κ3) is 3.45. The number of nitrogen functional groups attached to an aromatic ring is 1. The van der Waals surface area contributed by atoms with E-state index in [1.54, 1.807) is 0 Å². The Bertz CT molecular complexity index is 641. The van der Waals surface area contributed by atoms with Gasteiger partial charge in [0, 0.05) is 5.56 Å². The quantitative estimate of drug-likeness (QED) is 0.588. The van der Waals surface area contributed by atoms with Crippen LogP contribution in [0.1, 0.15) is 36.8 Å². The first kappa shape index (κ1) is 15.7. The molecule has 1 heterocycles. The van der Waals surface area contributed by atoms with Crippen molar-refractivity contribution in [3.63, 3.8) is 0 Å². The van der Waals surface area contributed by atoms with Crippen LogP contribution in [0.4, 0.5) is 0 Å². The topological polar surface area (TPSA) is 90.4 Å². The second-order valence-electron chi connectivity index (χ2n) is 6.77. The number of carboxylic acids is 1. The summed E-state index contributed by atoms with van der Waals surface area (Å²) in [5.74, 6) is -0.643. The van der Waals surface area contributed by atoms with Gasteiger partial charge in [0.05, 0.1) is 6.54 Å². The summed E-state index contributed by atoms with van der Waals surface area (Å²) in [5.41, 5.74) is 9.14. The molecule has 0 radical (unpaired) electrons. The van der Waals surface area contributed by atoms with E-state index in [0.717, 1.165) is 44.3 Å². The number of allylic oxidation sites excluding steroid dienone is 2. The summed E-state index contributed by atoms with van der Waals surface area (Å²) < 4.78 is 0. The van der Waals surface area contributed by atoms with Gasteiger partial charge in [-0.25, -0.2) is 0 Å².